The Morgan fingerprint density at radius 2 is 1.15 bits per heavy atom. The number of rotatable bonds is 7. The summed E-state index contributed by atoms with van der Waals surface area (Å²) in [6.07, 6.45) is 0. The van der Waals surface area contributed by atoms with Crippen molar-refractivity contribution in [3.63, 3.8) is 0 Å². The lowest BCUT2D eigenvalue weighted by atomic mass is 9.78. The van der Waals surface area contributed by atoms with Gasteiger partial charge in [-0.05, 0) is 60.7 Å². The highest BCUT2D eigenvalue weighted by Gasteiger charge is 2.17. The Morgan fingerprint density at radius 1 is 0.667 bits per heavy atom. The third kappa shape index (κ3) is 4.72. The molecule has 27 heavy (non-hydrogen) atoms. The van der Waals surface area contributed by atoms with Crippen LogP contribution in [0, 0.1) is 0 Å². The molecule has 138 valence electrons. The van der Waals surface area contributed by atoms with E-state index >= 15 is 0 Å². The first-order chi connectivity index (χ1) is 13.1. The molecule has 4 N–H and O–H groups in total. The lowest BCUT2D eigenvalue weighted by molar-refractivity contribution is 0.415. The van der Waals surface area contributed by atoms with Gasteiger partial charge in [0.2, 0.25) is 0 Å². The molecule has 0 saturated carbocycles. The van der Waals surface area contributed by atoms with Gasteiger partial charge in [0.1, 0.15) is 11.5 Å². The minimum atomic E-state index is -1.58. The van der Waals surface area contributed by atoms with Crippen molar-refractivity contribution in [1.29, 1.82) is 0 Å². The van der Waals surface area contributed by atoms with E-state index in [1.807, 2.05) is 54.6 Å². The Hall–Kier alpha value is -3.16. The van der Waals surface area contributed by atoms with E-state index in [0.717, 1.165) is 28.6 Å². The van der Waals surface area contributed by atoms with E-state index in [-0.39, 0.29) is 0 Å². The predicted octanol–water partition coefficient (Wildman–Crippen LogP) is 2.87. The first-order valence-corrected chi connectivity index (χ1v) is 8.41. The maximum atomic E-state index is 9.66. The quantitative estimate of drug-likeness (QED) is 0.483. The Kier molecular flexibility index (Phi) is 5.85. The summed E-state index contributed by atoms with van der Waals surface area (Å²) in [5.74, 6) is 1.53. The average Bonchev–Trinajstić information content (AvgIpc) is 2.69. The Labute approximate surface area is 158 Å². The highest BCUT2D eigenvalue weighted by molar-refractivity contribution is 6.60. The second kappa shape index (κ2) is 8.48. The second-order valence-corrected chi connectivity index (χ2v) is 5.88. The zero-order valence-electron chi connectivity index (χ0n) is 15.1. The summed E-state index contributed by atoms with van der Waals surface area (Å²) in [5.41, 5.74) is 3.48. The van der Waals surface area contributed by atoms with Crippen molar-refractivity contribution < 1.29 is 19.5 Å². The second-order valence-electron chi connectivity index (χ2n) is 5.88. The molecule has 6 nitrogen and oxygen atoms in total. The maximum Gasteiger partial charge on any atom is 0.490 e. The summed E-state index contributed by atoms with van der Waals surface area (Å²) in [5, 5.41) is 25.8. The van der Waals surface area contributed by atoms with E-state index in [2.05, 4.69) is 10.6 Å². The molecule has 0 aliphatic heterocycles. The summed E-state index contributed by atoms with van der Waals surface area (Å²) in [6, 6.07) is 20.2. The number of hydrogen-bond acceptors (Lipinski definition) is 6. The fraction of sp³-hybridized carbons (Fsp3) is 0.100. The first-order valence-electron chi connectivity index (χ1n) is 8.41. The van der Waals surface area contributed by atoms with Crippen molar-refractivity contribution in [2.24, 2.45) is 0 Å². The van der Waals surface area contributed by atoms with Crippen LogP contribution in [0.5, 0.6) is 11.5 Å². The van der Waals surface area contributed by atoms with Crippen LogP contribution in [-0.4, -0.2) is 31.4 Å². The topological polar surface area (TPSA) is 83.0 Å². The van der Waals surface area contributed by atoms with E-state index in [4.69, 9.17) is 9.47 Å². The molecule has 0 heterocycles. The van der Waals surface area contributed by atoms with Gasteiger partial charge in [-0.25, -0.2) is 0 Å². The molecule has 0 saturated heterocycles. The molecule has 3 aromatic carbocycles. The molecule has 3 aromatic rings. The zero-order valence-corrected chi connectivity index (χ0v) is 15.1. The van der Waals surface area contributed by atoms with E-state index in [1.54, 1.807) is 26.4 Å². The fourth-order valence-corrected chi connectivity index (χ4v) is 2.64. The van der Waals surface area contributed by atoms with Crippen LogP contribution in [0.25, 0.3) is 0 Å². The highest BCUT2D eigenvalue weighted by atomic mass is 16.5. The Bertz CT molecular complexity index is 883. The maximum absolute atomic E-state index is 9.66. The van der Waals surface area contributed by atoms with E-state index < -0.39 is 7.12 Å². The monoisotopic (exact) mass is 364 g/mol. The first kappa shape index (κ1) is 18.6. The number of anilines is 4. The molecule has 0 aliphatic carbocycles. The highest BCUT2D eigenvalue weighted by Crippen LogP contribution is 2.24. The molecule has 3 rings (SSSR count). The molecule has 0 amide bonds. The number of ether oxygens (including phenoxy) is 2. The number of benzene rings is 3. The van der Waals surface area contributed by atoms with Gasteiger partial charge >= 0.3 is 7.12 Å². The van der Waals surface area contributed by atoms with Crippen molar-refractivity contribution in [2.75, 3.05) is 24.9 Å². The van der Waals surface area contributed by atoms with Crippen LogP contribution in [0.1, 0.15) is 0 Å². The SMILES string of the molecule is COc1ccc(Nc2ccc(B(O)O)c(Nc3ccc(OC)cc3)c2)cc1. The van der Waals surface area contributed by atoms with Gasteiger partial charge in [-0.3, -0.25) is 0 Å². The lowest BCUT2D eigenvalue weighted by Gasteiger charge is -2.15. The molecular formula is C20H21BN2O4. The lowest BCUT2D eigenvalue weighted by Crippen LogP contribution is -2.31. The molecule has 0 fully saturated rings. The minimum Gasteiger partial charge on any atom is -0.497 e. The van der Waals surface area contributed by atoms with Gasteiger partial charge in [0.05, 0.1) is 14.2 Å². The summed E-state index contributed by atoms with van der Waals surface area (Å²) >= 11 is 0. The van der Waals surface area contributed by atoms with Gasteiger partial charge in [0.25, 0.3) is 0 Å². The minimum absolute atomic E-state index is 0.381. The van der Waals surface area contributed by atoms with Gasteiger partial charge in [-0.15, -0.1) is 0 Å². The molecule has 7 heteroatoms. The van der Waals surface area contributed by atoms with Crippen LogP contribution in [-0.2, 0) is 0 Å². The summed E-state index contributed by atoms with van der Waals surface area (Å²) in [7, 11) is 1.65. The Morgan fingerprint density at radius 3 is 1.63 bits per heavy atom. The predicted molar refractivity (Wildman–Crippen MR) is 109 cm³/mol. The van der Waals surface area contributed by atoms with Crippen molar-refractivity contribution >= 4 is 35.3 Å². The van der Waals surface area contributed by atoms with Crippen molar-refractivity contribution in [1.82, 2.24) is 0 Å². The van der Waals surface area contributed by atoms with E-state index in [1.165, 1.54) is 0 Å². The normalized spacial score (nSPS) is 10.2. The molecule has 0 unspecified atom stereocenters. The van der Waals surface area contributed by atoms with Crippen LogP contribution >= 0.6 is 0 Å². The van der Waals surface area contributed by atoms with Crippen LogP contribution in [0.2, 0.25) is 0 Å². The Balaban J connectivity index is 1.84. The summed E-state index contributed by atoms with van der Waals surface area (Å²) < 4.78 is 10.3. The van der Waals surface area contributed by atoms with Crippen LogP contribution < -0.4 is 25.6 Å². The zero-order chi connectivity index (χ0) is 19.2. The molecule has 0 bridgehead atoms. The fourth-order valence-electron chi connectivity index (χ4n) is 2.64. The van der Waals surface area contributed by atoms with E-state index in [0.29, 0.717) is 11.2 Å². The number of methoxy groups -OCH3 is 2. The van der Waals surface area contributed by atoms with Crippen molar-refractivity contribution in [2.45, 2.75) is 0 Å². The van der Waals surface area contributed by atoms with Gasteiger partial charge < -0.3 is 30.2 Å². The standard InChI is InChI=1S/C20H21BN2O4/c1-26-17-8-3-14(4-9-17)22-16-7-12-19(21(24)25)20(13-16)23-15-5-10-18(27-2)11-6-15/h3-13,22-25H,1-2H3. The number of hydrogen-bond donors (Lipinski definition) is 4. The van der Waals surface area contributed by atoms with Crippen LogP contribution in [0.3, 0.4) is 0 Å². The van der Waals surface area contributed by atoms with Gasteiger partial charge in [-0.2, -0.15) is 0 Å². The van der Waals surface area contributed by atoms with Crippen molar-refractivity contribution in [3.8, 4) is 11.5 Å². The van der Waals surface area contributed by atoms with Crippen LogP contribution in [0.15, 0.2) is 66.7 Å². The molecule has 0 radical (unpaired) electrons. The van der Waals surface area contributed by atoms with Gasteiger partial charge in [0, 0.05) is 28.2 Å². The molecule has 0 aromatic heterocycles. The third-order valence-electron chi connectivity index (χ3n) is 4.08. The molecule has 0 spiro atoms. The molecular weight excluding hydrogens is 343 g/mol. The third-order valence-corrected chi connectivity index (χ3v) is 4.08. The largest absolute Gasteiger partial charge is 0.497 e. The van der Waals surface area contributed by atoms with Crippen LogP contribution in [0.4, 0.5) is 22.7 Å². The molecule has 0 atom stereocenters. The smallest absolute Gasteiger partial charge is 0.490 e. The van der Waals surface area contributed by atoms with Crippen molar-refractivity contribution in [3.05, 3.63) is 66.7 Å². The van der Waals surface area contributed by atoms with Gasteiger partial charge in [0.15, 0.2) is 0 Å². The summed E-state index contributed by atoms with van der Waals surface area (Å²) in [6.45, 7) is 0. The molecule has 0 aliphatic rings. The summed E-state index contributed by atoms with van der Waals surface area (Å²) in [4.78, 5) is 0. The number of nitrogens with one attached hydrogen (secondary N) is 2. The van der Waals surface area contributed by atoms with E-state index in [9.17, 15) is 10.0 Å². The van der Waals surface area contributed by atoms with Gasteiger partial charge in [-0.1, -0.05) is 6.07 Å². The average molecular weight is 364 g/mol.